The molecular weight excluding hydrogens is 285 g/mol. The SMILES string of the molecule is O=C(Nc1c(F)c(F)c(F)c(F)c1F)C1CCCCO1. The number of carbonyl (C=O) groups is 1. The summed E-state index contributed by atoms with van der Waals surface area (Å²) in [5, 5.41) is 1.70. The summed E-state index contributed by atoms with van der Waals surface area (Å²) in [6, 6.07) is 0. The summed E-state index contributed by atoms with van der Waals surface area (Å²) in [6.45, 7) is 0.301. The molecule has 0 spiro atoms. The third-order valence-corrected chi connectivity index (χ3v) is 2.93. The summed E-state index contributed by atoms with van der Waals surface area (Å²) < 4.78 is 70.5. The zero-order valence-electron chi connectivity index (χ0n) is 10.1. The van der Waals surface area contributed by atoms with E-state index in [4.69, 9.17) is 4.74 Å². The van der Waals surface area contributed by atoms with Gasteiger partial charge in [-0.15, -0.1) is 0 Å². The molecule has 3 nitrogen and oxygen atoms in total. The predicted octanol–water partition coefficient (Wildman–Crippen LogP) is 2.89. The number of hydrogen-bond donors (Lipinski definition) is 1. The van der Waals surface area contributed by atoms with E-state index in [2.05, 4.69) is 0 Å². The van der Waals surface area contributed by atoms with E-state index in [-0.39, 0.29) is 0 Å². The van der Waals surface area contributed by atoms with E-state index in [0.717, 1.165) is 6.42 Å². The van der Waals surface area contributed by atoms with Gasteiger partial charge in [0.15, 0.2) is 23.3 Å². The molecule has 0 bridgehead atoms. The normalized spacial score (nSPS) is 18.9. The van der Waals surface area contributed by atoms with Crippen molar-refractivity contribution in [1.82, 2.24) is 0 Å². The number of benzene rings is 1. The lowest BCUT2D eigenvalue weighted by Crippen LogP contribution is -2.34. The minimum Gasteiger partial charge on any atom is -0.368 e. The molecule has 1 aromatic carbocycles. The maximum Gasteiger partial charge on any atom is 0.253 e. The summed E-state index contributed by atoms with van der Waals surface area (Å²) >= 11 is 0. The van der Waals surface area contributed by atoms with Gasteiger partial charge in [-0.05, 0) is 19.3 Å². The number of carbonyl (C=O) groups excluding carboxylic acids is 1. The molecule has 1 amide bonds. The first kappa shape index (κ1) is 14.7. The molecule has 2 rings (SSSR count). The third-order valence-electron chi connectivity index (χ3n) is 2.93. The lowest BCUT2D eigenvalue weighted by atomic mass is 10.1. The van der Waals surface area contributed by atoms with Gasteiger partial charge in [-0.3, -0.25) is 4.79 Å². The molecule has 8 heteroatoms. The maximum atomic E-state index is 13.4. The van der Waals surface area contributed by atoms with Gasteiger partial charge < -0.3 is 10.1 Å². The monoisotopic (exact) mass is 295 g/mol. The summed E-state index contributed by atoms with van der Waals surface area (Å²) in [5.41, 5.74) is -1.36. The van der Waals surface area contributed by atoms with Crippen LogP contribution in [-0.2, 0) is 9.53 Å². The highest BCUT2D eigenvalue weighted by Gasteiger charge is 2.29. The predicted molar refractivity (Wildman–Crippen MR) is 58.5 cm³/mol. The molecule has 0 aromatic heterocycles. The Balaban J connectivity index is 2.27. The van der Waals surface area contributed by atoms with Crippen molar-refractivity contribution in [2.24, 2.45) is 0 Å². The van der Waals surface area contributed by atoms with Crippen LogP contribution in [0.25, 0.3) is 0 Å². The minimum absolute atomic E-state index is 0.301. The third kappa shape index (κ3) is 2.60. The summed E-state index contributed by atoms with van der Waals surface area (Å²) in [6.07, 6.45) is 0.779. The van der Waals surface area contributed by atoms with Crippen molar-refractivity contribution < 1.29 is 31.5 Å². The number of ether oxygens (including phenoxy) is 1. The van der Waals surface area contributed by atoms with Crippen LogP contribution in [0.15, 0.2) is 0 Å². The van der Waals surface area contributed by atoms with Crippen LogP contribution < -0.4 is 5.32 Å². The largest absolute Gasteiger partial charge is 0.368 e. The molecule has 0 saturated carbocycles. The molecule has 0 radical (unpaired) electrons. The summed E-state index contributed by atoms with van der Waals surface area (Å²) in [5.74, 6) is -11.6. The van der Waals surface area contributed by atoms with Gasteiger partial charge in [0, 0.05) is 6.61 Å². The molecule has 20 heavy (non-hydrogen) atoms. The van der Waals surface area contributed by atoms with E-state index in [1.807, 2.05) is 0 Å². The summed E-state index contributed by atoms with van der Waals surface area (Å²) in [7, 11) is 0. The van der Waals surface area contributed by atoms with Gasteiger partial charge in [-0.25, -0.2) is 22.0 Å². The van der Waals surface area contributed by atoms with Crippen LogP contribution in [0.4, 0.5) is 27.6 Å². The average Bonchev–Trinajstić information content (AvgIpc) is 2.48. The maximum absolute atomic E-state index is 13.4. The molecule has 1 aliphatic rings. The second-order valence-electron chi connectivity index (χ2n) is 4.29. The van der Waals surface area contributed by atoms with Gasteiger partial charge in [-0.1, -0.05) is 0 Å². The Labute approximate surface area is 110 Å². The van der Waals surface area contributed by atoms with Crippen LogP contribution >= 0.6 is 0 Å². The van der Waals surface area contributed by atoms with Crippen molar-refractivity contribution in [1.29, 1.82) is 0 Å². The molecule has 1 unspecified atom stereocenters. The Morgan fingerprint density at radius 1 is 0.950 bits per heavy atom. The number of halogens is 5. The van der Waals surface area contributed by atoms with Gasteiger partial charge in [0.1, 0.15) is 11.8 Å². The molecular formula is C12H10F5NO2. The smallest absolute Gasteiger partial charge is 0.253 e. The van der Waals surface area contributed by atoms with E-state index >= 15 is 0 Å². The zero-order chi connectivity index (χ0) is 14.9. The van der Waals surface area contributed by atoms with Gasteiger partial charge in [-0.2, -0.15) is 0 Å². The van der Waals surface area contributed by atoms with Crippen molar-refractivity contribution in [3.8, 4) is 0 Å². The second-order valence-corrected chi connectivity index (χ2v) is 4.29. The first-order valence-corrected chi connectivity index (χ1v) is 5.87. The molecule has 0 aliphatic carbocycles. The standard InChI is InChI=1S/C12H10F5NO2/c13-6-7(14)9(16)11(10(17)8(6)15)18-12(19)5-3-1-2-4-20-5/h5H,1-4H2,(H,18,19). The fourth-order valence-electron chi connectivity index (χ4n) is 1.87. The van der Waals surface area contributed by atoms with Gasteiger partial charge in [0.05, 0.1) is 0 Å². The average molecular weight is 295 g/mol. The fraction of sp³-hybridized carbons (Fsp3) is 0.417. The van der Waals surface area contributed by atoms with E-state index in [0.29, 0.717) is 19.4 Å². The van der Waals surface area contributed by atoms with E-state index in [1.54, 1.807) is 5.32 Å². The number of amides is 1. The van der Waals surface area contributed by atoms with E-state index in [1.165, 1.54) is 0 Å². The number of rotatable bonds is 2. The Morgan fingerprint density at radius 2 is 1.50 bits per heavy atom. The Bertz CT molecular complexity index is 514. The molecule has 1 aliphatic heterocycles. The van der Waals surface area contributed by atoms with Gasteiger partial charge in [0.2, 0.25) is 5.82 Å². The second kappa shape index (κ2) is 5.74. The van der Waals surface area contributed by atoms with Crippen LogP contribution in [0.2, 0.25) is 0 Å². The highest BCUT2D eigenvalue weighted by Crippen LogP contribution is 2.27. The van der Waals surface area contributed by atoms with Crippen LogP contribution in [-0.4, -0.2) is 18.6 Å². The summed E-state index contributed by atoms with van der Waals surface area (Å²) in [4.78, 5) is 11.7. The van der Waals surface area contributed by atoms with E-state index < -0.39 is 46.8 Å². The highest BCUT2D eigenvalue weighted by molar-refractivity contribution is 5.94. The fourth-order valence-corrected chi connectivity index (χ4v) is 1.87. The number of nitrogens with one attached hydrogen (secondary N) is 1. The molecule has 1 atom stereocenters. The van der Waals surface area contributed by atoms with Crippen LogP contribution in [0.1, 0.15) is 19.3 Å². The zero-order valence-corrected chi connectivity index (χ0v) is 10.1. The number of hydrogen-bond acceptors (Lipinski definition) is 2. The first-order valence-electron chi connectivity index (χ1n) is 5.87. The molecule has 110 valence electrons. The topological polar surface area (TPSA) is 38.3 Å². The Hall–Kier alpha value is -1.70. The molecule has 1 aromatic rings. The quantitative estimate of drug-likeness (QED) is 0.517. The molecule has 1 fully saturated rings. The van der Waals surface area contributed by atoms with Crippen molar-refractivity contribution in [2.75, 3.05) is 11.9 Å². The van der Waals surface area contributed by atoms with Gasteiger partial charge in [0.25, 0.3) is 5.91 Å². The molecule has 1 saturated heterocycles. The lowest BCUT2D eigenvalue weighted by Gasteiger charge is -2.22. The van der Waals surface area contributed by atoms with Crippen molar-refractivity contribution in [3.05, 3.63) is 29.1 Å². The Morgan fingerprint density at radius 3 is 2.00 bits per heavy atom. The number of anilines is 1. The van der Waals surface area contributed by atoms with Crippen molar-refractivity contribution in [2.45, 2.75) is 25.4 Å². The minimum atomic E-state index is -2.27. The van der Waals surface area contributed by atoms with Crippen molar-refractivity contribution >= 4 is 11.6 Å². The van der Waals surface area contributed by atoms with E-state index in [9.17, 15) is 26.7 Å². The Kier molecular flexibility index (Phi) is 4.22. The van der Waals surface area contributed by atoms with Crippen LogP contribution in [0, 0.1) is 29.1 Å². The highest BCUT2D eigenvalue weighted by atomic mass is 19.2. The van der Waals surface area contributed by atoms with Crippen molar-refractivity contribution in [3.63, 3.8) is 0 Å². The van der Waals surface area contributed by atoms with Gasteiger partial charge >= 0.3 is 0 Å². The van der Waals surface area contributed by atoms with Crippen LogP contribution in [0.3, 0.4) is 0 Å². The molecule has 1 heterocycles. The lowest BCUT2D eigenvalue weighted by molar-refractivity contribution is -0.130. The molecule has 1 N–H and O–H groups in total. The first-order chi connectivity index (χ1) is 9.43. The van der Waals surface area contributed by atoms with Crippen LogP contribution in [0.5, 0.6) is 0 Å².